The topological polar surface area (TPSA) is 66.4 Å². The molecule has 0 aromatic carbocycles. The van der Waals surface area contributed by atoms with Crippen LogP contribution in [0.5, 0.6) is 0 Å². The maximum atomic E-state index is 12.2. The molecule has 0 radical (unpaired) electrons. The van der Waals surface area contributed by atoms with Crippen molar-refractivity contribution in [3.05, 3.63) is 0 Å². The van der Waals surface area contributed by atoms with Crippen LogP contribution in [0.25, 0.3) is 0 Å². The monoisotopic (exact) mass is 594 g/mol. The molecule has 0 fully saturated rings. The van der Waals surface area contributed by atoms with E-state index in [0.717, 1.165) is 32.1 Å². The first-order valence-corrected chi connectivity index (χ1v) is 19.1. The lowest BCUT2D eigenvalue weighted by Crippen LogP contribution is -2.27. The number of rotatable bonds is 35. The molecule has 0 aromatic heterocycles. The number of aliphatic carboxylic acids is 1. The van der Waals surface area contributed by atoms with Crippen molar-refractivity contribution in [2.75, 3.05) is 6.54 Å². The molecular formula is C38H75NO3. The van der Waals surface area contributed by atoms with E-state index in [2.05, 4.69) is 19.2 Å². The zero-order valence-corrected chi connectivity index (χ0v) is 28.7. The van der Waals surface area contributed by atoms with Gasteiger partial charge in [0.05, 0.1) is 5.92 Å². The number of amides is 1. The predicted molar refractivity (Wildman–Crippen MR) is 183 cm³/mol. The molecular weight excluding hydrogens is 518 g/mol. The van der Waals surface area contributed by atoms with Gasteiger partial charge in [-0.1, -0.05) is 194 Å². The molecule has 4 nitrogen and oxygen atoms in total. The summed E-state index contributed by atoms with van der Waals surface area (Å²) in [6.45, 7) is 5.04. The van der Waals surface area contributed by atoms with Crippen LogP contribution in [0.15, 0.2) is 0 Å². The maximum Gasteiger partial charge on any atom is 0.306 e. The molecule has 0 aliphatic carbocycles. The zero-order valence-electron chi connectivity index (χ0n) is 28.7. The quantitative estimate of drug-likeness (QED) is 0.0718. The molecule has 1 amide bonds. The van der Waals surface area contributed by atoms with Crippen LogP contribution in [0.1, 0.15) is 219 Å². The molecule has 0 aliphatic heterocycles. The minimum Gasteiger partial charge on any atom is -0.481 e. The van der Waals surface area contributed by atoms with Gasteiger partial charge in [-0.15, -0.1) is 0 Å². The summed E-state index contributed by atoms with van der Waals surface area (Å²) < 4.78 is 0. The minimum atomic E-state index is -0.707. The molecule has 1 atom stereocenters. The summed E-state index contributed by atoms with van der Waals surface area (Å²) in [5.74, 6) is -0.944. The first-order valence-electron chi connectivity index (χ1n) is 19.1. The number of carbonyl (C=O) groups is 2. The second-order valence-electron chi connectivity index (χ2n) is 13.3. The first-order chi connectivity index (χ1) is 20.6. The van der Waals surface area contributed by atoms with Crippen molar-refractivity contribution in [3.63, 3.8) is 0 Å². The van der Waals surface area contributed by atoms with Crippen molar-refractivity contribution in [2.24, 2.45) is 5.92 Å². The lowest BCUT2D eigenvalue weighted by atomic mass is 9.97. The average Bonchev–Trinajstić information content (AvgIpc) is 2.98. The summed E-state index contributed by atoms with van der Waals surface area (Å²) in [7, 11) is 0. The molecule has 0 aromatic rings. The van der Waals surface area contributed by atoms with Gasteiger partial charge in [0.2, 0.25) is 5.91 Å². The summed E-state index contributed by atoms with van der Waals surface area (Å²) in [5.41, 5.74) is 0. The van der Waals surface area contributed by atoms with Crippen LogP contribution in [0, 0.1) is 5.92 Å². The second-order valence-corrected chi connectivity index (χ2v) is 13.3. The predicted octanol–water partition coefficient (Wildman–Crippen LogP) is 12.3. The highest BCUT2D eigenvalue weighted by Gasteiger charge is 2.17. The van der Waals surface area contributed by atoms with Gasteiger partial charge in [0.15, 0.2) is 0 Å². The van der Waals surface area contributed by atoms with E-state index in [9.17, 15) is 14.7 Å². The van der Waals surface area contributed by atoms with Crippen molar-refractivity contribution in [1.29, 1.82) is 0 Å². The smallest absolute Gasteiger partial charge is 0.306 e. The fourth-order valence-electron chi connectivity index (χ4n) is 6.11. The van der Waals surface area contributed by atoms with Crippen LogP contribution in [0.2, 0.25) is 0 Å². The Bertz CT molecular complexity index is 565. The normalized spacial score (nSPS) is 12.0. The molecule has 0 saturated heterocycles. The number of carbonyl (C=O) groups excluding carboxylic acids is 1. The van der Waals surface area contributed by atoms with Crippen molar-refractivity contribution < 1.29 is 14.7 Å². The first kappa shape index (κ1) is 40.9. The molecule has 1 unspecified atom stereocenters. The number of carboxylic acids is 1. The molecule has 0 bridgehead atoms. The van der Waals surface area contributed by atoms with Gasteiger partial charge in [0.25, 0.3) is 0 Å². The van der Waals surface area contributed by atoms with E-state index in [1.807, 2.05) is 0 Å². The van der Waals surface area contributed by atoms with Crippen LogP contribution in [-0.2, 0) is 9.59 Å². The summed E-state index contributed by atoms with van der Waals surface area (Å²) in [5, 5.41) is 12.5. The fraction of sp³-hybridized carbons (Fsp3) is 0.947. The number of carboxylic acid groups (broad SMARTS) is 1. The van der Waals surface area contributed by atoms with E-state index in [1.165, 1.54) is 161 Å². The molecule has 0 spiro atoms. The molecule has 42 heavy (non-hydrogen) atoms. The Morgan fingerprint density at radius 3 is 1.10 bits per heavy atom. The third-order valence-corrected chi connectivity index (χ3v) is 9.08. The highest BCUT2D eigenvalue weighted by Crippen LogP contribution is 2.17. The van der Waals surface area contributed by atoms with Gasteiger partial charge in [0, 0.05) is 13.0 Å². The summed E-state index contributed by atoms with van der Waals surface area (Å²) >= 11 is 0. The van der Waals surface area contributed by atoms with E-state index in [4.69, 9.17) is 0 Å². The zero-order chi connectivity index (χ0) is 30.8. The van der Waals surface area contributed by atoms with Crippen LogP contribution in [0.3, 0.4) is 0 Å². The third kappa shape index (κ3) is 31.9. The van der Waals surface area contributed by atoms with Crippen LogP contribution in [0.4, 0.5) is 0 Å². The summed E-state index contributed by atoms with van der Waals surface area (Å²) in [4.78, 5) is 23.8. The van der Waals surface area contributed by atoms with Gasteiger partial charge in [-0.2, -0.15) is 0 Å². The average molecular weight is 594 g/mol. The highest BCUT2D eigenvalue weighted by molar-refractivity contribution is 5.76. The Labute approximate surface area is 263 Å². The number of unbranched alkanes of at least 4 members (excludes halogenated alkanes) is 27. The molecule has 0 rings (SSSR count). The Kier molecular flexibility index (Phi) is 33.6. The molecule has 0 aliphatic rings. The summed E-state index contributed by atoms with van der Waals surface area (Å²) in [6, 6.07) is 0. The van der Waals surface area contributed by atoms with Gasteiger partial charge < -0.3 is 10.4 Å². The molecule has 4 heteroatoms. The van der Waals surface area contributed by atoms with E-state index >= 15 is 0 Å². The van der Waals surface area contributed by atoms with Gasteiger partial charge in [0.1, 0.15) is 0 Å². The van der Waals surface area contributed by atoms with Gasteiger partial charge >= 0.3 is 5.97 Å². The fourth-order valence-corrected chi connectivity index (χ4v) is 6.11. The van der Waals surface area contributed by atoms with Crippen molar-refractivity contribution in [2.45, 2.75) is 219 Å². The number of hydrogen-bond donors (Lipinski definition) is 2. The Balaban J connectivity index is 3.49. The van der Waals surface area contributed by atoms with Crippen LogP contribution < -0.4 is 5.32 Å². The SMILES string of the molecule is CCCCCCCCCCCCCCCCCC(=O)NCCC(CCCCCCCCCCCCCCCC)C(=O)O. The van der Waals surface area contributed by atoms with Crippen LogP contribution >= 0.6 is 0 Å². The molecule has 2 N–H and O–H groups in total. The minimum absolute atomic E-state index is 0.0883. The standard InChI is InChI=1S/C38H75NO3/c1-3-5-7-9-11-13-15-17-19-21-23-25-27-29-31-33-37(40)39-35-34-36(38(41)42)32-30-28-26-24-22-20-18-16-14-12-10-8-6-4-2/h36H,3-35H2,1-2H3,(H,39,40)(H,41,42). The maximum absolute atomic E-state index is 12.2. The van der Waals surface area contributed by atoms with E-state index in [0.29, 0.717) is 19.4 Å². The Morgan fingerprint density at radius 1 is 0.452 bits per heavy atom. The lowest BCUT2D eigenvalue weighted by Gasteiger charge is -2.13. The van der Waals surface area contributed by atoms with Gasteiger partial charge in [-0.3, -0.25) is 9.59 Å². The Hall–Kier alpha value is -1.06. The number of hydrogen-bond acceptors (Lipinski definition) is 2. The van der Waals surface area contributed by atoms with Crippen molar-refractivity contribution in [1.82, 2.24) is 5.32 Å². The third-order valence-electron chi connectivity index (χ3n) is 9.08. The van der Waals surface area contributed by atoms with E-state index in [-0.39, 0.29) is 11.8 Å². The van der Waals surface area contributed by atoms with Gasteiger partial charge in [-0.25, -0.2) is 0 Å². The molecule has 250 valence electrons. The molecule has 0 heterocycles. The van der Waals surface area contributed by atoms with Crippen molar-refractivity contribution in [3.8, 4) is 0 Å². The van der Waals surface area contributed by atoms with Crippen LogP contribution in [-0.4, -0.2) is 23.5 Å². The van der Waals surface area contributed by atoms with Crippen molar-refractivity contribution >= 4 is 11.9 Å². The second kappa shape index (κ2) is 34.4. The Morgan fingerprint density at radius 2 is 0.762 bits per heavy atom. The number of nitrogens with one attached hydrogen (secondary N) is 1. The highest BCUT2D eigenvalue weighted by atomic mass is 16.4. The largest absolute Gasteiger partial charge is 0.481 e. The molecule has 0 saturated carbocycles. The lowest BCUT2D eigenvalue weighted by molar-refractivity contribution is -0.142. The van der Waals surface area contributed by atoms with E-state index < -0.39 is 5.97 Å². The summed E-state index contributed by atoms with van der Waals surface area (Å²) in [6.07, 6.45) is 40.2. The van der Waals surface area contributed by atoms with Gasteiger partial charge in [-0.05, 0) is 19.3 Å². The van der Waals surface area contributed by atoms with E-state index in [1.54, 1.807) is 0 Å².